The normalized spacial score (nSPS) is 33.8. The van der Waals surface area contributed by atoms with Crippen LogP contribution in [0.15, 0.2) is 40.5 Å². The van der Waals surface area contributed by atoms with Gasteiger partial charge in [-0.15, -0.1) is 4.83 Å². The van der Waals surface area contributed by atoms with Gasteiger partial charge in [0.1, 0.15) is 0 Å². The van der Waals surface area contributed by atoms with Crippen LogP contribution in [0.5, 0.6) is 0 Å². The molecule has 0 heterocycles. The molecule has 2 N–H and O–H groups in total. The predicted molar refractivity (Wildman–Crippen MR) is 171 cm³/mol. The molecule has 0 amide bonds. The minimum absolute atomic E-state index is 0.0363. The van der Waals surface area contributed by atoms with Crippen molar-refractivity contribution in [2.75, 3.05) is 0 Å². The second-order valence-electron chi connectivity index (χ2n) is 15.8. The lowest BCUT2D eigenvalue weighted by atomic mass is 9.48. The average Bonchev–Trinajstić information content (AvgIpc) is 3.17. The van der Waals surface area contributed by atoms with Crippen molar-refractivity contribution >= 4 is 18.3 Å². The maximum Gasteiger partial charge on any atom is 0.257 e. The van der Waals surface area contributed by atoms with E-state index in [9.17, 15) is 8.42 Å². The molecule has 4 aliphatic carbocycles. The SMILES string of the molecule is Cc1cc(C)c(S(=O)(=O)NNC2=CCC3C4CC=C5C[C@@H](O[Si](C)(C)C(C)(C)C)CC[C@]5(C)C4CC[C@]23C)c(C)c1. The van der Waals surface area contributed by atoms with E-state index in [1.807, 2.05) is 32.9 Å². The Hall–Kier alpha value is -1.41. The summed E-state index contributed by atoms with van der Waals surface area (Å²) in [5.41, 5.74) is 8.79. The molecule has 0 radical (unpaired) electrons. The standard InChI is InChI=1S/C34H54N2O3SSi/c1-22-19-23(2)31(24(3)20-22)40(37,38)36-35-30-14-13-28-27-12-11-25-21-26(39-41(9,10)32(4,5)6)15-17-33(25,7)29(27)16-18-34(28,30)8/h11,14,19-20,26-29,35-36H,12-13,15-18,21H2,1-10H3/t26-,27?,28?,29?,33-,34-/m0/s1. The summed E-state index contributed by atoms with van der Waals surface area (Å²) >= 11 is 0. The fraction of sp³-hybridized carbons (Fsp3) is 0.706. The molecule has 0 aliphatic heterocycles. The van der Waals surface area contributed by atoms with Gasteiger partial charge in [-0.3, -0.25) is 0 Å². The van der Waals surface area contributed by atoms with Gasteiger partial charge in [0.25, 0.3) is 10.0 Å². The van der Waals surface area contributed by atoms with E-state index in [-0.39, 0.29) is 15.9 Å². The molecule has 0 aromatic heterocycles. The molecule has 6 atom stereocenters. The highest BCUT2D eigenvalue weighted by Gasteiger charge is 2.57. The van der Waals surface area contributed by atoms with E-state index in [1.165, 1.54) is 12.8 Å². The van der Waals surface area contributed by atoms with Crippen molar-refractivity contribution in [1.29, 1.82) is 0 Å². The summed E-state index contributed by atoms with van der Waals surface area (Å²) < 4.78 is 33.7. The first-order valence-electron chi connectivity index (χ1n) is 15.8. The van der Waals surface area contributed by atoms with E-state index in [0.29, 0.717) is 28.8 Å². The lowest BCUT2D eigenvalue weighted by molar-refractivity contribution is -0.0298. The first kappa shape index (κ1) is 31.0. The van der Waals surface area contributed by atoms with Gasteiger partial charge < -0.3 is 9.85 Å². The molecule has 2 fully saturated rings. The van der Waals surface area contributed by atoms with Crippen LogP contribution < -0.4 is 10.3 Å². The first-order chi connectivity index (χ1) is 18.9. The Balaban J connectivity index is 1.29. The average molecular weight is 599 g/mol. The molecule has 3 unspecified atom stereocenters. The molecule has 7 heteroatoms. The van der Waals surface area contributed by atoms with Crippen molar-refractivity contribution in [3.63, 3.8) is 0 Å². The molecule has 5 nitrogen and oxygen atoms in total. The van der Waals surface area contributed by atoms with Gasteiger partial charge in [-0.05, 0) is 118 Å². The van der Waals surface area contributed by atoms with Gasteiger partial charge in [-0.2, -0.15) is 0 Å². The van der Waals surface area contributed by atoms with Gasteiger partial charge in [0.2, 0.25) is 0 Å². The quantitative estimate of drug-likeness (QED) is 0.197. The zero-order valence-electron chi connectivity index (χ0n) is 27.2. The van der Waals surface area contributed by atoms with Gasteiger partial charge in [-0.1, -0.05) is 70.0 Å². The fourth-order valence-corrected chi connectivity index (χ4v) is 11.5. The molecule has 41 heavy (non-hydrogen) atoms. The van der Waals surface area contributed by atoms with E-state index in [2.05, 4.69) is 70.1 Å². The Morgan fingerprint density at radius 2 is 1.56 bits per heavy atom. The smallest absolute Gasteiger partial charge is 0.257 e. The number of rotatable bonds is 6. The van der Waals surface area contributed by atoms with Crippen LogP contribution in [-0.4, -0.2) is 22.8 Å². The Labute approximate surface area is 251 Å². The molecule has 4 aliphatic rings. The third-order valence-corrected chi connectivity index (χ3v) is 18.2. The monoisotopic (exact) mass is 598 g/mol. The van der Waals surface area contributed by atoms with Gasteiger partial charge in [0, 0.05) is 17.2 Å². The maximum atomic E-state index is 13.4. The van der Waals surface area contributed by atoms with Crippen LogP contribution >= 0.6 is 0 Å². The van der Waals surface area contributed by atoms with Gasteiger partial charge in [0.15, 0.2) is 8.32 Å². The van der Waals surface area contributed by atoms with Crippen molar-refractivity contribution in [2.24, 2.45) is 28.6 Å². The minimum atomic E-state index is -3.69. The molecule has 2 saturated carbocycles. The number of allylic oxidation sites excluding steroid dienone is 3. The summed E-state index contributed by atoms with van der Waals surface area (Å²) in [6.07, 6.45) is 13.1. The Morgan fingerprint density at radius 3 is 2.20 bits per heavy atom. The number of aryl methyl sites for hydroxylation is 3. The molecular weight excluding hydrogens is 545 g/mol. The molecule has 0 bridgehead atoms. The summed E-state index contributed by atoms with van der Waals surface area (Å²) in [6, 6.07) is 3.88. The zero-order valence-corrected chi connectivity index (χ0v) is 29.0. The maximum absolute atomic E-state index is 13.4. The van der Waals surface area contributed by atoms with Crippen LogP contribution in [0.4, 0.5) is 0 Å². The topological polar surface area (TPSA) is 67.4 Å². The Bertz CT molecular complexity index is 1350. The highest BCUT2D eigenvalue weighted by Crippen LogP contribution is 2.64. The van der Waals surface area contributed by atoms with Crippen molar-refractivity contribution in [2.45, 2.75) is 129 Å². The summed E-state index contributed by atoms with van der Waals surface area (Å²) in [4.78, 5) is 3.15. The largest absolute Gasteiger partial charge is 0.414 e. The van der Waals surface area contributed by atoms with Crippen molar-refractivity contribution < 1.29 is 12.8 Å². The van der Waals surface area contributed by atoms with Crippen LogP contribution in [0.3, 0.4) is 0 Å². The second-order valence-corrected chi connectivity index (χ2v) is 22.1. The number of hydrogen-bond acceptors (Lipinski definition) is 4. The molecule has 0 spiro atoms. The lowest BCUT2D eigenvalue weighted by Crippen LogP contribution is -2.52. The van der Waals surface area contributed by atoms with Gasteiger partial charge in [-0.25, -0.2) is 8.42 Å². The number of hydrazine groups is 1. The van der Waals surface area contributed by atoms with Crippen molar-refractivity contribution in [1.82, 2.24) is 10.3 Å². The molecule has 5 rings (SSSR count). The van der Waals surface area contributed by atoms with E-state index in [0.717, 1.165) is 54.5 Å². The number of benzene rings is 1. The summed E-state index contributed by atoms with van der Waals surface area (Å²) in [5, 5.41) is 0.237. The van der Waals surface area contributed by atoms with Crippen LogP contribution in [0.1, 0.15) is 96.3 Å². The molecular formula is C34H54N2O3SSi. The van der Waals surface area contributed by atoms with Crippen LogP contribution in [-0.2, 0) is 14.4 Å². The summed E-state index contributed by atoms with van der Waals surface area (Å²) in [6.45, 7) is 22.4. The zero-order chi connectivity index (χ0) is 30.2. The van der Waals surface area contributed by atoms with Gasteiger partial charge in [0.05, 0.1) is 4.90 Å². The molecule has 1 aromatic rings. The van der Waals surface area contributed by atoms with Crippen molar-refractivity contribution in [3.8, 4) is 0 Å². The lowest BCUT2D eigenvalue weighted by Gasteiger charge is -2.58. The Kier molecular flexibility index (Phi) is 7.83. The van der Waals surface area contributed by atoms with E-state index >= 15 is 0 Å². The van der Waals surface area contributed by atoms with E-state index in [4.69, 9.17) is 4.43 Å². The van der Waals surface area contributed by atoms with Gasteiger partial charge >= 0.3 is 0 Å². The first-order valence-corrected chi connectivity index (χ1v) is 20.2. The predicted octanol–water partition coefficient (Wildman–Crippen LogP) is 8.24. The number of fused-ring (bicyclic) bond motifs is 5. The second kappa shape index (κ2) is 10.3. The van der Waals surface area contributed by atoms with Crippen LogP contribution in [0, 0.1) is 49.4 Å². The highest BCUT2D eigenvalue weighted by molar-refractivity contribution is 7.89. The molecule has 1 aromatic carbocycles. The van der Waals surface area contributed by atoms with E-state index in [1.54, 1.807) is 5.57 Å². The third kappa shape index (κ3) is 5.31. The highest BCUT2D eigenvalue weighted by atomic mass is 32.2. The molecule has 0 saturated heterocycles. The fourth-order valence-electron chi connectivity index (χ4n) is 8.85. The Morgan fingerprint density at radius 1 is 0.927 bits per heavy atom. The van der Waals surface area contributed by atoms with Crippen LogP contribution in [0.25, 0.3) is 0 Å². The summed E-state index contributed by atoms with van der Waals surface area (Å²) in [5.74, 6) is 1.86. The number of nitrogens with one attached hydrogen (secondary N) is 2. The van der Waals surface area contributed by atoms with Crippen LogP contribution in [0.2, 0.25) is 18.1 Å². The van der Waals surface area contributed by atoms with Crippen molar-refractivity contribution in [3.05, 3.63) is 52.2 Å². The number of hydrogen-bond donors (Lipinski definition) is 2. The molecule has 228 valence electrons. The minimum Gasteiger partial charge on any atom is -0.414 e. The van der Waals surface area contributed by atoms with E-state index < -0.39 is 18.3 Å². The summed E-state index contributed by atoms with van der Waals surface area (Å²) in [7, 11) is -5.47. The third-order valence-electron chi connectivity index (χ3n) is 12.1. The number of sulfonamides is 1.